The molecule has 0 aliphatic carbocycles. The molecule has 1 aromatic rings. The average molecular weight is 251 g/mol. The standard InChI is InChI=1S/C15H25NO2/c1-11(2)15(4,17)10-16-12(3)13-7-6-8-14(9-13)18-5/h6-9,11-12,16-17H,10H2,1-5H3/t12-,15?/m1/s1. The van der Waals surface area contributed by atoms with Crippen LogP contribution >= 0.6 is 0 Å². The van der Waals surface area contributed by atoms with Gasteiger partial charge >= 0.3 is 0 Å². The minimum atomic E-state index is -0.687. The van der Waals surface area contributed by atoms with Gasteiger partial charge in [-0.25, -0.2) is 0 Å². The average Bonchev–Trinajstić information content (AvgIpc) is 2.36. The normalized spacial score (nSPS) is 16.4. The van der Waals surface area contributed by atoms with Crippen LogP contribution in [-0.2, 0) is 0 Å². The van der Waals surface area contributed by atoms with Crippen molar-refractivity contribution >= 4 is 0 Å². The van der Waals surface area contributed by atoms with E-state index in [0.717, 1.165) is 11.3 Å². The van der Waals surface area contributed by atoms with E-state index in [2.05, 4.69) is 18.3 Å². The molecule has 0 aromatic heterocycles. The van der Waals surface area contributed by atoms with Crippen molar-refractivity contribution in [2.45, 2.75) is 39.3 Å². The Hall–Kier alpha value is -1.06. The number of hydrogen-bond acceptors (Lipinski definition) is 3. The Morgan fingerprint density at radius 1 is 1.33 bits per heavy atom. The zero-order valence-electron chi connectivity index (χ0n) is 12.0. The molecule has 2 N–H and O–H groups in total. The van der Waals surface area contributed by atoms with Crippen LogP contribution in [0.3, 0.4) is 0 Å². The lowest BCUT2D eigenvalue weighted by Crippen LogP contribution is -2.42. The number of nitrogens with one attached hydrogen (secondary N) is 1. The van der Waals surface area contributed by atoms with Crippen molar-refractivity contribution in [2.24, 2.45) is 5.92 Å². The van der Waals surface area contributed by atoms with Gasteiger partial charge in [-0.15, -0.1) is 0 Å². The third-order valence-electron chi connectivity index (χ3n) is 3.60. The Labute approximate surface area is 110 Å². The highest BCUT2D eigenvalue weighted by atomic mass is 16.5. The molecule has 3 heteroatoms. The monoisotopic (exact) mass is 251 g/mol. The van der Waals surface area contributed by atoms with Crippen LogP contribution in [0.2, 0.25) is 0 Å². The van der Waals surface area contributed by atoms with Crippen molar-refractivity contribution < 1.29 is 9.84 Å². The molecule has 0 radical (unpaired) electrons. The van der Waals surface area contributed by atoms with E-state index < -0.39 is 5.60 Å². The van der Waals surface area contributed by atoms with Gasteiger partial charge in [-0.3, -0.25) is 0 Å². The van der Waals surface area contributed by atoms with Gasteiger partial charge in [0.25, 0.3) is 0 Å². The first-order chi connectivity index (χ1) is 8.36. The maximum Gasteiger partial charge on any atom is 0.119 e. The Morgan fingerprint density at radius 2 is 2.00 bits per heavy atom. The molecule has 0 amide bonds. The molecule has 0 aliphatic rings. The molecule has 0 spiro atoms. The zero-order chi connectivity index (χ0) is 13.8. The van der Waals surface area contributed by atoms with Gasteiger partial charge in [0.1, 0.15) is 5.75 Å². The van der Waals surface area contributed by atoms with Crippen LogP contribution in [0.4, 0.5) is 0 Å². The number of hydrogen-bond donors (Lipinski definition) is 2. The van der Waals surface area contributed by atoms with Crippen molar-refractivity contribution in [3.8, 4) is 5.75 Å². The first kappa shape index (κ1) is 15.0. The van der Waals surface area contributed by atoms with Gasteiger partial charge in [-0.05, 0) is 37.5 Å². The number of rotatable bonds is 6. The molecule has 0 saturated heterocycles. The lowest BCUT2D eigenvalue weighted by molar-refractivity contribution is 0.0122. The maximum absolute atomic E-state index is 10.2. The van der Waals surface area contributed by atoms with E-state index in [1.165, 1.54) is 0 Å². The summed E-state index contributed by atoms with van der Waals surface area (Å²) >= 11 is 0. The number of ether oxygens (including phenoxy) is 1. The molecule has 102 valence electrons. The Morgan fingerprint density at radius 3 is 2.56 bits per heavy atom. The lowest BCUT2D eigenvalue weighted by atomic mass is 9.92. The van der Waals surface area contributed by atoms with E-state index in [4.69, 9.17) is 4.74 Å². The van der Waals surface area contributed by atoms with E-state index >= 15 is 0 Å². The topological polar surface area (TPSA) is 41.5 Å². The molecule has 0 aliphatic heterocycles. The third kappa shape index (κ3) is 4.00. The van der Waals surface area contributed by atoms with Crippen molar-refractivity contribution in [2.75, 3.05) is 13.7 Å². The van der Waals surface area contributed by atoms with Crippen molar-refractivity contribution in [1.29, 1.82) is 0 Å². The minimum Gasteiger partial charge on any atom is -0.497 e. The molecule has 0 bridgehead atoms. The van der Waals surface area contributed by atoms with E-state index in [0.29, 0.717) is 6.54 Å². The van der Waals surface area contributed by atoms with Crippen LogP contribution < -0.4 is 10.1 Å². The van der Waals surface area contributed by atoms with Crippen LogP contribution in [0.15, 0.2) is 24.3 Å². The highest BCUT2D eigenvalue weighted by Gasteiger charge is 2.25. The quantitative estimate of drug-likeness (QED) is 0.817. The summed E-state index contributed by atoms with van der Waals surface area (Å²) in [7, 11) is 1.67. The highest BCUT2D eigenvalue weighted by molar-refractivity contribution is 5.30. The second-order valence-corrected chi connectivity index (χ2v) is 5.39. The van der Waals surface area contributed by atoms with E-state index in [1.807, 2.05) is 39.0 Å². The summed E-state index contributed by atoms with van der Waals surface area (Å²) in [6.07, 6.45) is 0. The third-order valence-corrected chi connectivity index (χ3v) is 3.60. The van der Waals surface area contributed by atoms with Gasteiger partial charge in [0.2, 0.25) is 0 Å². The fourth-order valence-corrected chi connectivity index (χ4v) is 1.59. The number of benzene rings is 1. The van der Waals surface area contributed by atoms with E-state index in [-0.39, 0.29) is 12.0 Å². The zero-order valence-corrected chi connectivity index (χ0v) is 12.0. The predicted octanol–water partition coefficient (Wildman–Crippen LogP) is 2.75. The van der Waals surface area contributed by atoms with Gasteiger partial charge in [-0.2, -0.15) is 0 Å². The minimum absolute atomic E-state index is 0.185. The fraction of sp³-hybridized carbons (Fsp3) is 0.600. The predicted molar refractivity (Wildman–Crippen MR) is 74.9 cm³/mol. The number of methoxy groups -OCH3 is 1. The van der Waals surface area contributed by atoms with Crippen LogP contribution in [0.1, 0.15) is 39.3 Å². The molecule has 0 heterocycles. The molecule has 0 fully saturated rings. The smallest absolute Gasteiger partial charge is 0.119 e. The van der Waals surface area contributed by atoms with Crippen LogP contribution in [0.5, 0.6) is 5.75 Å². The Kier molecular flexibility index (Phi) is 5.17. The van der Waals surface area contributed by atoms with E-state index in [9.17, 15) is 5.11 Å². The molecule has 18 heavy (non-hydrogen) atoms. The molecular weight excluding hydrogens is 226 g/mol. The van der Waals surface area contributed by atoms with Gasteiger partial charge in [0.15, 0.2) is 0 Å². The van der Waals surface area contributed by atoms with Gasteiger partial charge in [-0.1, -0.05) is 26.0 Å². The fourth-order valence-electron chi connectivity index (χ4n) is 1.59. The first-order valence-corrected chi connectivity index (χ1v) is 6.46. The van der Waals surface area contributed by atoms with E-state index in [1.54, 1.807) is 7.11 Å². The first-order valence-electron chi connectivity index (χ1n) is 6.46. The molecule has 1 unspecified atom stereocenters. The molecule has 1 aromatic carbocycles. The summed E-state index contributed by atoms with van der Waals surface area (Å²) in [5.41, 5.74) is 0.474. The molecule has 0 saturated carbocycles. The number of aliphatic hydroxyl groups is 1. The molecule has 2 atom stereocenters. The summed E-state index contributed by atoms with van der Waals surface area (Å²) in [6.45, 7) is 8.58. The second-order valence-electron chi connectivity index (χ2n) is 5.39. The van der Waals surface area contributed by atoms with Gasteiger partial charge < -0.3 is 15.2 Å². The molecule has 1 rings (SSSR count). The summed E-state index contributed by atoms with van der Waals surface area (Å²) in [4.78, 5) is 0. The van der Waals surface area contributed by atoms with Crippen molar-refractivity contribution in [1.82, 2.24) is 5.32 Å². The van der Waals surface area contributed by atoms with Crippen LogP contribution in [0.25, 0.3) is 0 Å². The lowest BCUT2D eigenvalue weighted by Gasteiger charge is -2.29. The van der Waals surface area contributed by atoms with Crippen LogP contribution in [0, 0.1) is 5.92 Å². The maximum atomic E-state index is 10.2. The van der Waals surface area contributed by atoms with Crippen molar-refractivity contribution in [3.05, 3.63) is 29.8 Å². The highest BCUT2D eigenvalue weighted by Crippen LogP contribution is 2.20. The SMILES string of the molecule is COc1cccc([C@@H](C)NCC(C)(O)C(C)C)c1. The summed E-state index contributed by atoms with van der Waals surface area (Å²) in [5, 5.41) is 13.6. The van der Waals surface area contributed by atoms with Crippen LogP contribution in [-0.4, -0.2) is 24.4 Å². The summed E-state index contributed by atoms with van der Waals surface area (Å²) in [5.74, 6) is 1.08. The largest absolute Gasteiger partial charge is 0.497 e. The molecular formula is C15H25NO2. The Balaban J connectivity index is 2.62. The summed E-state index contributed by atoms with van der Waals surface area (Å²) in [6, 6.07) is 8.17. The Bertz CT molecular complexity index is 375. The summed E-state index contributed by atoms with van der Waals surface area (Å²) < 4.78 is 5.21. The second kappa shape index (κ2) is 6.21. The van der Waals surface area contributed by atoms with Gasteiger partial charge in [0, 0.05) is 12.6 Å². The molecule has 3 nitrogen and oxygen atoms in total. The van der Waals surface area contributed by atoms with Gasteiger partial charge in [0.05, 0.1) is 12.7 Å². The van der Waals surface area contributed by atoms with Crippen molar-refractivity contribution in [3.63, 3.8) is 0 Å².